The molecule has 1 aromatic heterocycles. The van der Waals surface area contributed by atoms with Crippen LogP contribution in [0.25, 0.3) is 0 Å². The Morgan fingerprint density at radius 1 is 1.36 bits per heavy atom. The Morgan fingerprint density at radius 2 is 2.20 bits per heavy atom. The number of hydrogen-bond acceptors (Lipinski definition) is 4. The van der Waals surface area contributed by atoms with E-state index in [0.29, 0.717) is 5.11 Å². The second-order valence-corrected chi connectivity index (χ2v) is 6.42. The minimum atomic E-state index is 0.229. The van der Waals surface area contributed by atoms with Crippen LogP contribution in [0.15, 0.2) is 48.8 Å². The number of pyridine rings is 1. The molecule has 1 atom stereocenters. The van der Waals surface area contributed by atoms with E-state index < -0.39 is 0 Å². The first-order valence-corrected chi connectivity index (χ1v) is 8.86. The molecule has 132 valence electrons. The number of methoxy groups -OCH3 is 1. The fraction of sp³-hybridized carbons (Fsp3) is 0.368. The fourth-order valence-corrected chi connectivity index (χ4v) is 3.10. The van der Waals surface area contributed by atoms with Gasteiger partial charge in [0, 0.05) is 25.9 Å². The summed E-state index contributed by atoms with van der Waals surface area (Å²) in [7, 11) is 1.67. The lowest BCUT2D eigenvalue weighted by Crippen LogP contribution is -2.39. The van der Waals surface area contributed by atoms with Gasteiger partial charge in [0.1, 0.15) is 5.75 Å². The lowest BCUT2D eigenvalue weighted by Gasteiger charge is -2.28. The van der Waals surface area contributed by atoms with Gasteiger partial charge in [0.05, 0.1) is 25.1 Å². The summed E-state index contributed by atoms with van der Waals surface area (Å²) in [6.45, 7) is 2.33. The molecule has 25 heavy (non-hydrogen) atoms. The van der Waals surface area contributed by atoms with Crippen LogP contribution in [0.5, 0.6) is 5.75 Å². The van der Waals surface area contributed by atoms with Gasteiger partial charge in [-0.1, -0.05) is 12.1 Å². The van der Waals surface area contributed by atoms with Crippen LogP contribution in [0.3, 0.4) is 0 Å². The first-order chi connectivity index (χ1) is 12.2. The number of anilines is 1. The van der Waals surface area contributed by atoms with E-state index in [1.807, 2.05) is 24.3 Å². The molecule has 1 aromatic carbocycles. The van der Waals surface area contributed by atoms with Crippen LogP contribution in [0.4, 0.5) is 5.69 Å². The van der Waals surface area contributed by atoms with Crippen LogP contribution >= 0.6 is 12.2 Å². The van der Waals surface area contributed by atoms with E-state index in [9.17, 15) is 0 Å². The standard InChI is InChI=1S/C19H23N3O2S/c1-23-17-8-6-15(7-9-17)13-22(14-18-5-3-11-24-18)19(25)21-16-4-2-10-20-12-16/h2,4,6-10,12,18H,3,5,11,13-14H2,1H3,(H,21,25). The Kier molecular flexibility index (Phi) is 6.19. The van der Waals surface area contributed by atoms with Crippen LogP contribution in [0.2, 0.25) is 0 Å². The van der Waals surface area contributed by atoms with Crippen LogP contribution in [-0.2, 0) is 11.3 Å². The van der Waals surface area contributed by atoms with Crippen molar-refractivity contribution in [3.8, 4) is 5.75 Å². The van der Waals surface area contributed by atoms with Crippen molar-refractivity contribution in [2.75, 3.05) is 25.6 Å². The molecular weight excluding hydrogens is 334 g/mol. The summed E-state index contributed by atoms with van der Waals surface area (Å²) in [6.07, 6.45) is 5.94. The first kappa shape index (κ1) is 17.6. The van der Waals surface area contributed by atoms with Crippen LogP contribution in [0.1, 0.15) is 18.4 Å². The molecule has 1 aliphatic rings. The van der Waals surface area contributed by atoms with Crippen LogP contribution in [-0.4, -0.2) is 41.4 Å². The summed E-state index contributed by atoms with van der Waals surface area (Å²) in [5.74, 6) is 0.852. The first-order valence-electron chi connectivity index (χ1n) is 8.45. The Balaban J connectivity index is 1.69. The maximum absolute atomic E-state index is 5.80. The third-order valence-electron chi connectivity index (χ3n) is 4.18. The molecule has 0 radical (unpaired) electrons. The van der Waals surface area contributed by atoms with Gasteiger partial charge in [-0.05, 0) is 54.9 Å². The number of aromatic nitrogens is 1. The monoisotopic (exact) mass is 357 g/mol. The summed E-state index contributed by atoms with van der Waals surface area (Å²) in [4.78, 5) is 6.28. The lowest BCUT2D eigenvalue weighted by atomic mass is 10.2. The van der Waals surface area contributed by atoms with Gasteiger partial charge < -0.3 is 19.7 Å². The quantitative estimate of drug-likeness (QED) is 0.799. The Morgan fingerprint density at radius 3 is 2.84 bits per heavy atom. The SMILES string of the molecule is COc1ccc(CN(CC2CCCO2)C(=S)Nc2cccnc2)cc1. The molecule has 0 saturated carbocycles. The second kappa shape index (κ2) is 8.78. The maximum atomic E-state index is 5.80. The van der Waals surface area contributed by atoms with E-state index in [2.05, 4.69) is 27.3 Å². The van der Waals surface area contributed by atoms with Gasteiger partial charge in [-0.2, -0.15) is 0 Å². The van der Waals surface area contributed by atoms with E-state index in [1.165, 1.54) is 5.56 Å². The minimum absolute atomic E-state index is 0.229. The zero-order valence-electron chi connectivity index (χ0n) is 14.4. The molecule has 1 saturated heterocycles. The highest BCUT2D eigenvalue weighted by molar-refractivity contribution is 7.80. The van der Waals surface area contributed by atoms with Gasteiger partial charge in [-0.15, -0.1) is 0 Å². The fourth-order valence-electron chi connectivity index (χ4n) is 2.84. The number of rotatable bonds is 6. The molecule has 0 amide bonds. The number of hydrogen-bond donors (Lipinski definition) is 1. The summed E-state index contributed by atoms with van der Waals surface area (Å²) < 4.78 is 11.0. The number of benzene rings is 1. The number of ether oxygens (including phenoxy) is 2. The van der Waals surface area contributed by atoms with Crippen molar-refractivity contribution in [3.05, 3.63) is 54.4 Å². The number of thiocarbonyl (C=S) groups is 1. The molecule has 2 aromatic rings. The lowest BCUT2D eigenvalue weighted by molar-refractivity contribution is 0.0905. The zero-order valence-corrected chi connectivity index (χ0v) is 15.2. The largest absolute Gasteiger partial charge is 0.497 e. The molecule has 1 aliphatic heterocycles. The molecule has 0 bridgehead atoms. The molecule has 3 rings (SSSR count). The average molecular weight is 357 g/mol. The summed E-state index contributed by atoms with van der Waals surface area (Å²) in [5.41, 5.74) is 2.06. The maximum Gasteiger partial charge on any atom is 0.173 e. The highest BCUT2D eigenvalue weighted by Gasteiger charge is 2.21. The van der Waals surface area contributed by atoms with Gasteiger partial charge in [0.25, 0.3) is 0 Å². The van der Waals surface area contributed by atoms with Crippen molar-refractivity contribution in [3.63, 3.8) is 0 Å². The highest BCUT2D eigenvalue weighted by Crippen LogP contribution is 2.18. The van der Waals surface area contributed by atoms with Crippen molar-refractivity contribution >= 4 is 23.0 Å². The zero-order chi connectivity index (χ0) is 17.5. The molecule has 1 unspecified atom stereocenters. The minimum Gasteiger partial charge on any atom is -0.497 e. The highest BCUT2D eigenvalue weighted by atomic mass is 32.1. The molecule has 0 spiro atoms. The predicted octanol–water partition coefficient (Wildman–Crippen LogP) is 3.47. The van der Waals surface area contributed by atoms with Gasteiger partial charge in [-0.25, -0.2) is 0 Å². The van der Waals surface area contributed by atoms with Crippen molar-refractivity contribution in [1.82, 2.24) is 9.88 Å². The summed E-state index contributed by atoms with van der Waals surface area (Å²) in [6, 6.07) is 11.9. The van der Waals surface area contributed by atoms with Crippen molar-refractivity contribution < 1.29 is 9.47 Å². The van der Waals surface area contributed by atoms with E-state index in [0.717, 1.165) is 44.0 Å². The van der Waals surface area contributed by atoms with Crippen molar-refractivity contribution in [1.29, 1.82) is 0 Å². The Bertz CT molecular complexity index is 673. The van der Waals surface area contributed by atoms with Crippen LogP contribution < -0.4 is 10.1 Å². The third-order valence-corrected chi connectivity index (χ3v) is 4.54. The van der Waals surface area contributed by atoms with Crippen molar-refractivity contribution in [2.45, 2.75) is 25.5 Å². The van der Waals surface area contributed by atoms with Gasteiger partial charge >= 0.3 is 0 Å². The average Bonchev–Trinajstić information content (AvgIpc) is 3.16. The van der Waals surface area contributed by atoms with Gasteiger partial charge in [0.15, 0.2) is 5.11 Å². The number of nitrogens with one attached hydrogen (secondary N) is 1. The van der Waals surface area contributed by atoms with E-state index in [-0.39, 0.29) is 6.10 Å². The molecule has 1 fully saturated rings. The molecule has 2 heterocycles. The third kappa shape index (κ3) is 5.14. The molecule has 5 nitrogen and oxygen atoms in total. The van der Waals surface area contributed by atoms with Crippen molar-refractivity contribution in [2.24, 2.45) is 0 Å². The smallest absolute Gasteiger partial charge is 0.173 e. The van der Waals surface area contributed by atoms with Gasteiger partial charge in [0.2, 0.25) is 0 Å². The Labute approximate surface area is 154 Å². The van der Waals surface area contributed by atoms with Gasteiger partial charge in [-0.3, -0.25) is 4.98 Å². The molecule has 1 N–H and O–H groups in total. The molecule has 6 heteroatoms. The van der Waals surface area contributed by atoms with E-state index >= 15 is 0 Å². The molecule has 0 aliphatic carbocycles. The van der Waals surface area contributed by atoms with E-state index in [4.69, 9.17) is 21.7 Å². The normalized spacial score (nSPS) is 16.4. The number of nitrogens with zero attached hydrogens (tertiary/aromatic N) is 2. The van der Waals surface area contributed by atoms with E-state index in [1.54, 1.807) is 19.5 Å². The predicted molar refractivity (Wildman–Crippen MR) is 103 cm³/mol. The topological polar surface area (TPSA) is 46.6 Å². The van der Waals surface area contributed by atoms with Crippen LogP contribution in [0, 0.1) is 0 Å². The summed E-state index contributed by atoms with van der Waals surface area (Å²) >= 11 is 5.65. The molecular formula is C19H23N3O2S. The Hall–Kier alpha value is -2.18. The second-order valence-electron chi connectivity index (χ2n) is 6.04. The summed E-state index contributed by atoms with van der Waals surface area (Å²) in [5, 5.41) is 3.95.